The molecule has 2 aromatic carbocycles. The van der Waals surface area contributed by atoms with Crippen molar-refractivity contribution < 1.29 is 22.4 Å². The highest BCUT2D eigenvalue weighted by molar-refractivity contribution is 6.32. The highest BCUT2D eigenvalue weighted by Crippen LogP contribution is 2.24. The third-order valence-electron chi connectivity index (χ3n) is 3.98. The van der Waals surface area contributed by atoms with Crippen LogP contribution in [0.1, 0.15) is 11.1 Å². The van der Waals surface area contributed by atoms with Gasteiger partial charge in [0.15, 0.2) is 5.82 Å². The van der Waals surface area contributed by atoms with E-state index in [9.17, 15) is 27.2 Å². The topological polar surface area (TPSA) is 79.8 Å². The average Bonchev–Trinajstić information content (AvgIpc) is 3.02. The van der Waals surface area contributed by atoms with Gasteiger partial charge >= 0.3 is 17.8 Å². The second kappa shape index (κ2) is 7.70. The number of aryl methyl sites for hydroxylation is 1. The number of benzene rings is 2. The van der Waals surface area contributed by atoms with Crippen molar-refractivity contribution in [2.75, 3.05) is 0 Å². The Morgan fingerprint density at radius 2 is 1.90 bits per heavy atom. The van der Waals surface area contributed by atoms with Crippen LogP contribution in [-0.2, 0) is 11.3 Å². The number of hydrogen-bond donors (Lipinski definition) is 2. The molecule has 0 atom stereocenters. The molecule has 0 fully saturated rings. The Labute approximate surface area is 166 Å². The van der Waals surface area contributed by atoms with Crippen LogP contribution in [-0.4, -0.2) is 26.8 Å². The predicted octanol–water partition coefficient (Wildman–Crippen LogP) is 3.51. The number of nitrogens with zero attached hydrogens (tertiary/aromatic N) is 2. The van der Waals surface area contributed by atoms with Crippen LogP contribution in [0.25, 0.3) is 17.1 Å². The summed E-state index contributed by atoms with van der Waals surface area (Å²) in [7, 11) is 0. The first kappa shape index (κ1) is 20.6. The number of alkyl halides is 3. The van der Waals surface area contributed by atoms with Gasteiger partial charge in [0.05, 0.1) is 10.7 Å². The minimum absolute atomic E-state index is 0.0519. The maximum absolute atomic E-state index is 14.1. The van der Waals surface area contributed by atoms with E-state index in [-0.39, 0.29) is 22.1 Å². The third kappa shape index (κ3) is 4.48. The van der Waals surface area contributed by atoms with Crippen LogP contribution >= 0.6 is 11.6 Å². The van der Waals surface area contributed by atoms with E-state index in [1.807, 2.05) is 19.1 Å². The molecular formula is C18H13ClF4N4O2. The van der Waals surface area contributed by atoms with E-state index < -0.39 is 30.1 Å². The van der Waals surface area contributed by atoms with Gasteiger partial charge < -0.3 is 5.32 Å². The molecule has 3 aromatic rings. The van der Waals surface area contributed by atoms with E-state index in [0.717, 1.165) is 22.4 Å². The highest BCUT2D eigenvalue weighted by Gasteiger charge is 2.38. The average molecular weight is 429 g/mol. The van der Waals surface area contributed by atoms with Gasteiger partial charge in [0.25, 0.3) is 0 Å². The summed E-state index contributed by atoms with van der Waals surface area (Å²) < 4.78 is 51.9. The van der Waals surface area contributed by atoms with Gasteiger partial charge in [-0.05, 0) is 19.1 Å². The zero-order valence-electron chi connectivity index (χ0n) is 14.8. The van der Waals surface area contributed by atoms with E-state index in [1.54, 1.807) is 17.4 Å². The van der Waals surface area contributed by atoms with E-state index in [4.69, 9.17) is 11.6 Å². The molecule has 0 aliphatic rings. The molecule has 1 aromatic heterocycles. The van der Waals surface area contributed by atoms with Crippen LogP contribution in [0.3, 0.4) is 0 Å². The lowest BCUT2D eigenvalue weighted by molar-refractivity contribution is -0.173. The Bertz CT molecular complexity index is 1120. The number of hydrogen-bond acceptors (Lipinski definition) is 3. The van der Waals surface area contributed by atoms with Gasteiger partial charge in [0.1, 0.15) is 5.82 Å². The molecule has 0 bridgehead atoms. The Hall–Kier alpha value is -3.14. The molecule has 1 heterocycles. The van der Waals surface area contributed by atoms with Gasteiger partial charge in [0, 0.05) is 17.7 Å². The molecule has 152 valence electrons. The quantitative estimate of drug-likeness (QED) is 0.624. The van der Waals surface area contributed by atoms with Crippen LogP contribution in [0.4, 0.5) is 17.6 Å². The predicted molar refractivity (Wildman–Crippen MR) is 97.2 cm³/mol. The molecule has 0 saturated heterocycles. The first-order chi connectivity index (χ1) is 13.6. The number of rotatable bonds is 4. The molecule has 0 unspecified atom stereocenters. The van der Waals surface area contributed by atoms with Crippen molar-refractivity contribution in [2.45, 2.75) is 19.6 Å². The molecule has 0 aliphatic heterocycles. The molecule has 2 N–H and O–H groups in total. The Morgan fingerprint density at radius 3 is 2.52 bits per heavy atom. The third-order valence-corrected chi connectivity index (χ3v) is 4.29. The molecule has 11 heteroatoms. The van der Waals surface area contributed by atoms with Crippen molar-refractivity contribution in [1.29, 1.82) is 0 Å². The smallest absolute Gasteiger partial charge is 0.344 e. The van der Waals surface area contributed by atoms with Crippen molar-refractivity contribution in [3.8, 4) is 17.1 Å². The number of carbonyl (C=O) groups excluding carboxylic acids is 1. The second-order valence-electron chi connectivity index (χ2n) is 6.13. The molecule has 1 amide bonds. The lowest BCUT2D eigenvalue weighted by atomic mass is 10.1. The van der Waals surface area contributed by atoms with Crippen molar-refractivity contribution in [2.24, 2.45) is 0 Å². The number of nitrogens with one attached hydrogen (secondary N) is 2. The van der Waals surface area contributed by atoms with Crippen molar-refractivity contribution in [3.05, 3.63) is 68.8 Å². The fourth-order valence-electron chi connectivity index (χ4n) is 2.48. The largest absolute Gasteiger partial charge is 0.471 e. The molecule has 0 spiro atoms. The summed E-state index contributed by atoms with van der Waals surface area (Å²) >= 11 is 6.00. The summed E-state index contributed by atoms with van der Waals surface area (Å²) in [5.74, 6) is -2.93. The maximum Gasteiger partial charge on any atom is 0.471 e. The zero-order valence-corrected chi connectivity index (χ0v) is 15.5. The Balaban J connectivity index is 1.96. The fourth-order valence-corrected chi connectivity index (χ4v) is 2.71. The summed E-state index contributed by atoms with van der Waals surface area (Å²) in [6, 6.07) is 9.00. The second-order valence-corrected chi connectivity index (χ2v) is 6.54. The number of aromatic amines is 1. The van der Waals surface area contributed by atoms with Gasteiger partial charge in [-0.3, -0.25) is 9.78 Å². The lowest BCUT2D eigenvalue weighted by Gasteiger charge is -2.11. The summed E-state index contributed by atoms with van der Waals surface area (Å²) in [5, 5.41) is 5.50. The molecule has 0 aliphatic carbocycles. The van der Waals surface area contributed by atoms with Crippen LogP contribution in [0.15, 0.2) is 41.2 Å². The zero-order chi connectivity index (χ0) is 21.3. The number of H-pyrrole nitrogens is 1. The fraction of sp³-hybridized carbons (Fsp3) is 0.167. The van der Waals surface area contributed by atoms with Gasteiger partial charge in [0.2, 0.25) is 0 Å². The molecule has 6 nitrogen and oxygen atoms in total. The molecule has 3 rings (SSSR count). The summed E-state index contributed by atoms with van der Waals surface area (Å²) in [6.07, 6.45) is -5.10. The van der Waals surface area contributed by atoms with E-state index in [2.05, 4.69) is 10.1 Å². The Morgan fingerprint density at radius 1 is 1.24 bits per heavy atom. The van der Waals surface area contributed by atoms with E-state index in [1.165, 1.54) is 0 Å². The van der Waals surface area contributed by atoms with Crippen molar-refractivity contribution in [1.82, 2.24) is 20.1 Å². The normalized spacial score (nSPS) is 11.5. The monoisotopic (exact) mass is 428 g/mol. The summed E-state index contributed by atoms with van der Waals surface area (Å²) in [4.78, 5) is 25.8. The minimum atomic E-state index is -5.10. The van der Waals surface area contributed by atoms with Crippen LogP contribution < -0.4 is 11.0 Å². The van der Waals surface area contributed by atoms with Crippen LogP contribution in [0, 0.1) is 12.7 Å². The maximum atomic E-state index is 14.1. The lowest BCUT2D eigenvalue weighted by Crippen LogP contribution is -2.36. The minimum Gasteiger partial charge on any atom is -0.344 e. The number of amides is 1. The number of halogens is 5. The first-order valence-corrected chi connectivity index (χ1v) is 8.54. The Kier molecular flexibility index (Phi) is 5.47. The van der Waals surface area contributed by atoms with Crippen molar-refractivity contribution >= 4 is 17.5 Å². The van der Waals surface area contributed by atoms with Gasteiger partial charge in [-0.15, -0.1) is 5.10 Å². The molecule has 0 saturated carbocycles. The van der Waals surface area contributed by atoms with Gasteiger partial charge in [-0.1, -0.05) is 41.4 Å². The van der Waals surface area contributed by atoms with Gasteiger partial charge in [-0.25, -0.2) is 9.18 Å². The molecule has 29 heavy (non-hydrogen) atoms. The van der Waals surface area contributed by atoms with Gasteiger partial charge in [-0.2, -0.15) is 17.9 Å². The molecule has 0 radical (unpaired) electrons. The van der Waals surface area contributed by atoms with E-state index >= 15 is 0 Å². The highest BCUT2D eigenvalue weighted by atomic mass is 35.5. The number of carbonyl (C=O) groups is 1. The van der Waals surface area contributed by atoms with Crippen LogP contribution in [0.5, 0.6) is 0 Å². The summed E-state index contributed by atoms with van der Waals surface area (Å²) in [5.41, 5.74) is 0.585. The standard InChI is InChI=1S/C18H13ClF4N4O2/c1-9-2-4-10(5-3-9)15-25-17(29)27(26-15)14-6-11(13(20)7-12(14)19)8-24-16(28)18(21,22)23/h2-7H,8H2,1H3,(H,24,28)(H,25,26,29). The van der Waals surface area contributed by atoms with Crippen molar-refractivity contribution in [3.63, 3.8) is 0 Å². The first-order valence-electron chi connectivity index (χ1n) is 8.16. The van der Waals surface area contributed by atoms with Crippen LogP contribution in [0.2, 0.25) is 5.02 Å². The SMILES string of the molecule is Cc1ccc(-c2nn(-c3cc(CNC(=O)C(F)(F)F)c(F)cc3Cl)c(=O)[nH]2)cc1. The number of aromatic nitrogens is 3. The van der Waals surface area contributed by atoms with E-state index in [0.29, 0.717) is 5.56 Å². The summed E-state index contributed by atoms with van der Waals surface area (Å²) in [6.45, 7) is 1.14. The molecular weight excluding hydrogens is 416 g/mol.